The molecule has 0 aromatic heterocycles. The molecular weight excluding hydrogens is 216 g/mol. The molecule has 0 saturated carbocycles. The molecule has 2 atom stereocenters. The van der Waals surface area contributed by atoms with Crippen molar-refractivity contribution in [2.45, 2.75) is 31.9 Å². The van der Waals surface area contributed by atoms with Crippen molar-refractivity contribution >= 4 is 5.91 Å². The first kappa shape index (κ1) is 13.7. The highest BCUT2D eigenvalue weighted by Gasteiger charge is 2.21. The van der Waals surface area contributed by atoms with Crippen molar-refractivity contribution in [3.8, 4) is 0 Å². The molecule has 0 fully saturated rings. The number of rotatable bonds is 6. The number of carbonyl (C=O) groups excluding carboxylic acids is 1. The van der Waals surface area contributed by atoms with Gasteiger partial charge in [0.05, 0.1) is 0 Å². The largest absolute Gasteiger partial charge is 0.382 e. The van der Waals surface area contributed by atoms with Gasteiger partial charge in [-0.3, -0.25) is 4.79 Å². The fraction of sp³-hybridized carbons (Fsp3) is 0.462. The van der Waals surface area contributed by atoms with Crippen LogP contribution in [-0.4, -0.2) is 29.7 Å². The summed E-state index contributed by atoms with van der Waals surface area (Å²) < 4.78 is 0. The Morgan fingerprint density at radius 2 is 2.06 bits per heavy atom. The Bertz CT molecular complexity index is 341. The van der Waals surface area contributed by atoms with Crippen LogP contribution in [0.1, 0.15) is 18.9 Å². The maximum absolute atomic E-state index is 11.4. The van der Waals surface area contributed by atoms with Crippen molar-refractivity contribution in [1.82, 2.24) is 5.32 Å². The Morgan fingerprint density at radius 3 is 2.65 bits per heavy atom. The smallest absolute Gasteiger partial charge is 0.250 e. The summed E-state index contributed by atoms with van der Waals surface area (Å²) in [6.07, 6.45) is 0.222. The van der Waals surface area contributed by atoms with Crippen LogP contribution in [0.3, 0.4) is 0 Å². The minimum atomic E-state index is -1.13. The summed E-state index contributed by atoms with van der Waals surface area (Å²) in [5, 5.41) is 12.2. The number of benzene rings is 1. The molecule has 2 unspecified atom stereocenters. The van der Waals surface area contributed by atoms with E-state index < -0.39 is 18.1 Å². The maximum Gasteiger partial charge on any atom is 0.250 e. The number of amides is 1. The zero-order valence-corrected chi connectivity index (χ0v) is 10.1. The van der Waals surface area contributed by atoms with E-state index in [-0.39, 0.29) is 0 Å². The minimum absolute atomic E-state index is 0.395. The van der Waals surface area contributed by atoms with Crippen molar-refractivity contribution in [3.63, 3.8) is 0 Å². The van der Waals surface area contributed by atoms with Gasteiger partial charge in [-0.25, -0.2) is 0 Å². The zero-order chi connectivity index (χ0) is 12.7. The second-order valence-corrected chi connectivity index (χ2v) is 4.03. The van der Waals surface area contributed by atoms with Crippen molar-refractivity contribution < 1.29 is 9.90 Å². The van der Waals surface area contributed by atoms with Gasteiger partial charge in [-0.05, 0) is 25.3 Å². The molecule has 0 aliphatic carbocycles. The van der Waals surface area contributed by atoms with E-state index in [4.69, 9.17) is 5.73 Å². The lowest BCUT2D eigenvalue weighted by Crippen LogP contribution is -2.46. The number of aryl methyl sites for hydroxylation is 1. The lowest BCUT2D eigenvalue weighted by molar-refractivity contribution is -0.130. The third-order valence-corrected chi connectivity index (χ3v) is 2.63. The van der Waals surface area contributed by atoms with Crippen LogP contribution in [0.15, 0.2) is 30.3 Å². The lowest BCUT2D eigenvalue weighted by atomic mass is 10.0. The molecule has 94 valence electrons. The van der Waals surface area contributed by atoms with Gasteiger partial charge < -0.3 is 16.2 Å². The van der Waals surface area contributed by atoms with Crippen LogP contribution >= 0.6 is 0 Å². The van der Waals surface area contributed by atoms with Crippen LogP contribution in [0, 0.1) is 0 Å². The molecule has 0 bridgehead atoms. The summed E-state index contributed by atoms with van der Waals surface area (Å²) in [4.78, 5) is 11.4. The van der Waals surface area contributed by atoms with Crippen LogP contribution in [0.2, 0.25) is 0 Å². The number of nitrogens with two attached hydrogens (primary N) is 1. The number of aliphatic hydroxyl groups is 1. The number of nitrogens with one attached hydrogen (secondary N) is 1. The van der Waals surface area contributed by atoms with Gasteiger partial charge in [0, 0.05) is 12.6 Å². The van der Waals surface area contributed by atoms with Crippen LogP contribution in [0.25, 0.3) is 0 Å². The third kappa shape index (κ3) is 4.54. The first-order valence-electron chi connectivity index (χ1n) is 5.90. The minimum Gasteiger partial charge on any atom is -0.382 e. The number of hydrogen-bond donors (Lipinski definition) is 3. The van der Waals surface area contributed by atoms with Crippen molar-refractivity contribution in [1.29, 1.82) is 0 Å². The first-order valence-corrected chi connectivity index (χ1v) is 5.90. The molecule has 4 nitrogen and oxygen atoms in total. The SMILES string of the molecule is CCNC(=O)C(O)C(N)CCc1ccccc1. The highest BCUT2D eigenvalue weighted by molar-refractivity contribution is 5.81. The molecule has 0 aliphatic rings. The highest BCUT2D eigenvalue weighted by atomic mass is 16.3. The Labute approximate surface area is 102 Å². The molecule has 0 radical (unpaired) electrons. The monoisotopic (exact) mass is 236 g/mol. The van der Waals surface area contributed by atoms with Gasteiger partial charge in [0.2, 0.25) is 5.91 Å². The molecule has 0 spiro atoms. The highest BCUT2D eigenvalue weighted by Crippen LogP contribution is 2.06. The molecule has 1 aromatic rings. The van der Waals surface area contributed by atoms with E-state index in [1.807, 2.05) is 30.3 Å². The summed E-state index contributed by atoms with van der Waals surface area (Å²) in [5.41, 5.74) is 6.94. The summed E-state index contributed by atoms with van der Waals surface area (Å²) >= 11 is 0. The average molecular weight is 236 g/mol. The van der Waals surface area contributed by atoms with E-state index in [2.05, 4.69) is 5.32 Å². The Balaban J connectivity index is 2.39. The van der Waals surface area contributed by atoms with Gasteiger partial charge >= 0.3 is 0 Å². The predicted molar refractivity (Wildman–Crippen MR) is 67.4 cm³/mol. The van der Waals surface area contributed by atoms with E-state index in [1.165, 1.54) is 0 Å². The molecule has 1 amide bonds. The molecule has 0 heterocycles. The number of carbonyl (C=O) groups is 1. The molecule has 0 aliphatic heterocycles. The van der Waals surface area contributed by atoms with Crippen molar-refractivity contribution in [3.05, 3.63) is 35.9 Å². The summed E-state index contributed by atoms with van der Waals surface area (Å²) in [7, 11) is 0. The van der Waals surface area contributed by atoms with Crippen molar-refractivity contribution in [2.24, 2.45) is 5.73 Å². The number of hydrogen-bond acceptors (Lipinski definition) is 3. The van der Waals surface area contributed by atoms with Gasteiger partial charge in [-0.15, -0.1) is 0 Å². The lowest BCUT2D eigenvalue weighted by Gasteiger charge is -2.17. The Hall–Kier alpha value is -1.39. The van der Waals surface area contributed by atoms with Crippen molar-refractivity contribution in [2.75, 3.05) is 6.54 Å². The predicted octanol–water partition coefficient (Wildman–Crippen LogP) is 0.444. The number of likely N-dealkylation sites (N-methyl/N-ethyl adjacent to an activating group) is 1. The number of aliphatic hydroxyl groups excluding tert-OH is 1. The van der Waals surface area contributed by atoms with Crippen LogP contribution in [0.4, 0.5) is 0 Å². The van der Waals surface area contributed by atoms with E-state index in [0.29, 0.717) is 13.0 Å². The standard InChI is InChI=1S/C13H20N2O2/c1-2-15-13(17)12(16)11(14)9-8-10-6-4-3-5-7-10/h3-7,11-12,16H,2,8-9,14H2,1H3,(H,15,17). The fourth-order valence-electron chi connectivity index (χ4n) is 1.61. The molecule has 17 heavy (non-hydrogen) atoms. The third-order valence-electron chi connectivity index (χ3n) is 2.63. The Morgan fingerprint density at radius 1 is 1.41 bits per heavy atom. The summed E-state index contributed by atoms with van der Waals surface area (Å²) in [5.74, 6) is -0.395. The van der Waals surface area contributed by atoms with Gasteiger partial charge in [-0.2, -0.15) is 0 Å². The topological polar surface area (TPSA) is 75.3 Å². The average Bonchev–Trinajstić information content (AvgIpc) is 2.36. The first-order chi connectivity index (χ1) is 8.15. The van der Waals surface area contributed by atoms with Crippen LogP contribution < -0.4 is 11.1 Å². The van der Waals surface area contributed by atoms with E-state index >= 15 is 0 Å². The quantitative estimate of drug-likeness (QED) is 0.671. The van der Waals surface area contributed by atoms with Crippen LogP contribution in [-0.2, 0) is 11.2 Å². The Kier molecular flexibility index (Phi) is 5.66. The second kappa shape index (κ2) is 7.04. The molecular formula is C13H20N2O2. The zero-order valence-electron chi connectivity index (χ0n) is 10.1. The van der Waals surface area contributed by atoms with E-state index in [1.54, 1.807) is 6.92 Å². The fourth-order valence-corrected chi connectivity index (χ4v) is 1.61. The molecule has 0 saturated heterocycles. The molecule has 4 N–H and O–H groups in total. The van der Waals surface area contributed by atoms with Gasteiger partial charge in [0.15, 0.2) is 0 Å². The molecule has 4 heteroatoms. The summed E-state index contributed by atoms with van der Waals surface area (Å²) in [6.45, 7) is 2.31. The van der Waals surface area contributed by atoms with E-state index in [0.717, 1.165) is 12.0 Å². The van der Waals surface area contributed by atoms with Gasteiger partial charge in [0.1, 0.15) is 6.10 Å². The molecule has 1 rings (SSSR count). The normalized spacial score (nSPS) is 14.1. The van der Waals surface area contributed by atoms with Gasteiger partial charge in [0.25, 0.3) is 0 Å². The maximum atomic E-state index is 11.4. The second-order valence-electron chi connectivity index (χ2n) is 4.03. The molecule has 1 aromatic carbocycles. The van der Waals surface area contributed by atoms with Crippen LogP contribution in [0.5, 0.6) is 0 Å². The summed E-state index contributed by atoms with van der Waals surface area (Å²) in [6, 6.07) is 9.35. The van der Waals surface area contributed by atoms with Gasteiger partial charge in [-0.1, -0.05) is 30.3 Å². The van der Waals surface area contributed by atoms with E-state index in [9.17, 15) is 9.90 Å².